The fourth-order valence-corrected chi connectivity index (χ4v) is 2.62. The average Bonchev–Trinajstić information content (AvgIpc) is 2.49. The van der Waals surface area contributed by atoms with E-state index in [1.807, 2.05) is 0 Å². The van der Waals surface area contributed by atoms with Crippen LogP contribution in [0.1, 0.15) is 32.6 Å². The van der Waals surface area contributed by atoms with Crippen LogP contribution in [-0.2, 0) is 19.1 Å². The molecule has 0 N–H and O–H groups in total. The highest BCUT2D eigenvalue weighted by Gasteiger charge is 2.32. The van der Waals surface area contributed by atoms with Crippen LogP contribution in [0.2, 0.25) is 0 Å². The van der Waals surface area contributed by atoms with Gasteiger partial charge in [0.2, 0.25) is 5.91 Å². The molecule has 21 heavy (non-hydrogen) atoms. The van der Waals surface area contributed by atoms with E-state index in [9.17, 15) is 14.4 Å². The molecule has 1 atom stereocenters. The third kappa shape index (κ3) is 3.59. The van der Waals surface area contributed by atoms with Gasteiger partial charge < -0.3 is 9.64 Å². The molecule has 0 radical (unpaired) electrons. The van der Waals surface area contributed by atoms with Gasteiger partial charge in [0.1, 0.15) is 5.71 Å². The molecular weight excluding hydrogens is 274 g/mol. The van der Waals surface area contributed by atoms with E-state index < -0.39 is 0 Å². The van der Waals surface area contributed by atoms with Crippen LogP contribution in [0, 0.1) is 5.92 Å². The lowest BCUT2D eigenvalue weighted by Crippen LogP contribution is -2.47. The molecule has 2 heterocycles. The van der Waals surface area contributed by atoms with E-state index in [2.05, 4.69) is 5.10 Å². The van der Waals surface area contributed by atoms with E-state index in [0.717, 1.165) is 12.8 Å². The van der Waals surface area contributed by atoms with Crippen LogP contribution in [0.5, 0.6) is 0 Å². The summed E-state index contributed by atoms with van der Waals surface area (Å²) in [5.74, 6) is -0.767. The second-order valence-corrected chi connectivity index (χ2v) is 5.31. The van der Waals surface area contributed by atoms with Crippen molar-refractivity contribution in [1.29, 1.82) is 0 Å². The molecule has 7 heteroatoms. The lowest BCUT2D eigenvalue weighted by molar-refractivity contribution is -0.150. The van der Waals surface area contributed by atoms with Crippen molar-refractivity contribution in [3.63, 3.8) is 0 Å². The maximum Gasteiger partial charge on any atom is 0.310 e. The Morgan fingerprint density at radius 3 is 2.81 bits per heavy atom. The van der Waals surface area contributed by atoms with Gasteiger partial charge in [-0.1, -0.05) is 0 Å². The van der Waals surface area contributed by atoms with Crippen LogP contribution in [-0.4, -0.2) is 60.1 Å². The van der Waals surface area contributed by atoms with Crippen molar-refractivity contribution in [2.45, 2.75) is 32.6 Å². The Labute approximate surface area is 123 Å². The molecule has 0 saturated carbocycles. The van der Waals surface area contributed by atoms with E-state index in [-0.39, 0.29) is 23.7 Å². The van der Waals surface area contributed by atoms with Gasteiger partial charge in [-0.2, -0.15) is 5.10 Å². The van der Waals surface area contributed by atoms with Gasteiger partial charge >= 0.3 is 5.97 Å². The Balaban J connectivity index is 2.01. The number of carbonyl (C=O) groups is 3. The zero-order chi connectivity index (χ0) is 15.4. The predicted molar refractivity (Wildman–Crippen MR) is 75.4 cm³/mol. The summed E-state index contributed by atoms with van der Waals surface area (Å²) < 4.78 is 5.03. The van der Waals surface area contributed by atoms with Crippen molar-refractivity contribution in [3.8, 4) is 0 Å². The second-order valence-electron chi connectivity index (χ2n) is 5.31. The smallest absolute Gasteiger partial charge is 0.310 e. The predicted octanol–water partition coefficient (Wildman–Crippen LogP) is 0.396. The van der Waals surface area contributed by atoms with Gasteiger partial charge in [0.15, 0.2) is 0 Å². The highest BCUT2D eigenvalue weighted by molar-refractivity contribution is 6.39. The van der Waals surface area contributed by atoms with Crippen molar-refractivity contribution < 1.29 is 19.1 Å². The highest BCUT2D eigenvalue weighted by Crippen LogP contribution is 2.19. The number of carbonyl (C=O) groups excluding carboxylic acids is 3. The first-order valence-electron chi connectivity index (χ1n) is 7.33. The number of ether oxygens (including phenoxy) is 1. The first-order valence-corrected chi connectivity index (χ1v) is 7.33. The zero-order valence-corrected chi connectivity index (χ0v) is 12.5. The lowest BCUT2D eigenvalue weighted by atomic mass is 9.97. The van der Waals surface area contributed by atoms with Crippen molar-refractivity contribution in [2.75, 3.05) is 26.7 Å². The number of hydrogen-bond donors (Lipinski definition) is 0. The van der Waals surface area contributed by atoms with Gasteiger partial charge in [0, 0.05) is 33.0 Å². The summed E-state index contributed by atoms with van der Waals surface area (Å²) in [6.45, 7) is 3.11. The minimum atomic E-state index is -0.258. The molecule has 0 spiro atoms. The number of rotatable bonds is 3. The summed E-state index contributed by atoms with van der Waals surface area (Å²) in [6.07, 6.45) is 2.18. The fourth-order valence-electron chi connectivity index (χ4n) is 2.62. The van der Waals surface area contributed by atoms with Crippen molar-refractivity contribution >= 4 is 23.5 Å². The van der Waals surface area contributed by atoms with Gasteiger partial charge in [-0.25, -0.2) is 5.01 Å². The Morgan fingerprint density at radius 1 is 1.38 bits per heavy atom. The van der Waals surface area contributed by atoms with E-state index in [0.29, 0.717) is 38.2 Å². The topological polar surface area (TPSA) is 79.3 Å². The van der Waals surface area contributed by atoms with Crippen molar-refractivity contribution in [2.24, 2.45) is 11.0 Å². The molecule has 0 aromatic heterocycles. The standard InChI is InChI=1S/C14H21N3O4/c1-3-21-14(20)10-5-4-8-17(9-10)13(19)11-6-7-12(18)16(2)15-11/h10H,3-9H2,1-2H3. The van der Waals surface area contributed by atoms with Crippen LogP contribution in [0.15, 0.2) is 5.10 Å². The summed E-state index contributed by atoms with van der Waals surface area (Å²) in [4.78, 5) is 37.3. The molecule has 2 amide bonds. The van der Waals surface area contributed by atoms with Crippen molar-refractivity contribution in [3.05, 3.63) is 0 Å². The Bertz CT molecular complexity index is 475. The molecule has 7 nitrogen and oxygen atoms in total. The number of hydrogen-bond acceptors (Lipinski definition) is 5. The molecule has 0 aromatic carbocycles. The van der Waals surface area contributed by atoms with Gasteiger partial charge in [0.05, 0.1) is 12.5 Å². The SMILES string of the molecule is CCOC(=O)C1CCCN(C(=O)C2=NN(C)C(=O)CC2)C1. The average molecular weight is 295 g/mol. The number of piperidine rings is 1. The molecular formula is C14H21N3O4. The minimum Gasteiger partial charge on any atom is -0.466 e. The number of hydrazone groups is 1. The maximum atomic E-state index is 12.4. The zero-order valence-electron chi connectivity index (χ0n) is 12.5. The molecule has 0 bridgehead atoms. The number of amides is 2. The lowest BCUT2D eigenvalue weighted by Gasteiger charge is -2.32. The summed E-state index contributed by atoms with van der Waals surface area (Å²) >= 11 is 0. The highest BCUT2D eigenvalue weighted by atomic mass is 16.5. The van der Waals surface area contributed by atoms with E-state index in [1.165, 1.54) is 5.01 Å². The molecule has 1 unspecified atom stereocenters. The van der Waals surface area contributed by atoms with Crippen molar-refractivity contribution in [1.82, 2.24) is 9.91 Å². The summed E-state index contributed by atoms with van der Waals surface area (Å²) in [6, 6.07) is 0. The monoisotopic (exact) mass is 295 g/mol. The molecule has 116 valence electrons. The van der Waals surface area contributed by atoms with Gasteiger partial charge in [-0.15, -0.1) is 0 Å². The quantitative estimate of drug-likeness (QED) is 0.706. The van der Waals surface area contributed by atoms with Gasteiger partial charge in [0.25, 0.3) is 5.91 Å². The van der Waals surface area contributed by atoms with E-state index in [1.54, 1.807) is 18.9 Å². The summed E-state index contributed by atoms with van der Waals surface area (Å²) in [5.41, 5.74) is 0.390. The Morgan fingerprint density at radius 2 is 2.14 bits per heavy atom. The van der Waals surface area contributed by atoms with E-state index >= 15 is 0 Å². The third-order valence-corrected chi connectivity index (χ3v) is 3.78. The minimum absolute atomic E-state index is 0.0883. The first kappa shape index (κ1) is 15.5. The fraction of sp³-hybridized carbons (Fsp3) is 0.714. The molecule has 2 aliphatic heterocycles. The van der Waals surface area contributed by atoms with E-state index in [4.69, 9.17) is 4.74 Å². The van der Waals surface area contributed by atoms with Crippen LogP contribution in [0.3, 0.4) is 0 Å². The largest absolute Gasteiger partial charge is 0.466 e. The third-order valence-electron chi connectivity index (χ3n) is 3.78. The molecule has 1 fully saturated rings. The first-order chi connectivity index (χ1) is 10.0. The van der Waals surface area contributed by atoms with Crippen LogP contribution < -0.4 is 0 Å². The molecule has 2 aliphatic rings. The Hall–Kier alpha value is -1.92. The number of likely N-dealkylation sites (tertiary alicyclic amines) is 1. The maximum absolute atomic E-state index is 12.4. The van der Waals surface area contributed by atoms with Gasteiger partial charge in [-0.3, -0.25) is 14.4 Å². The Kier molecular flexibility index (Phi) is 4.93. The number of esters is 1. The normalized spacial score (nSPS) is 22.9. The second kappa shape index (κ2) is 6.69. The van der Waals surface area contributed by atoms with Crippen LogP contribution in [0.4, 0.5) is 0 Å². The molecule has 0 aromatic rings. The summed E-state index contributed by atoms with van der Waals surface area (Å²) in [7, 11) is 1.55. The molecule has 2 rings (SSSR count). The number of nitrogens with zero attached hydrogens (tertiary/aromatic N) is 3. The summed E-state index contributed by atoms with van der Waals surface area (Å²) in [5, 5.41) is 5.25. The molecule has 1 saturated heterocycles. The van der Waals surface area contributed by atoms with Gasteiger partial charge in [-0.05, 0) is 19.8 Å². The van der Waals surface area contributed by atoms with Crippen LogP contribution in [0.25, 0.3) is 0 Å². The van der Waals surface area contributed by atoms with Crippen LogP contribution >= 0.6 is 0 Å². The molecule has 0 aliphatic carbocycles.